The maximum Gasteiger partial charge on any atom is 0.0973 e. The van der Waals surface area contributed by atoms with E-state index in [0.717, 1.165) is 39.1 Å². The van der Waals surface area contributed by atoms with Crippen molar-refractivity contribution in [3.8, 4) is 33.6 Å². The highest BCUT2D eigenvalue weighted by Gasteiger charge is 2.15. The molecule has 0 amide bonds. The molecule has 0 unspecified atom stereocenters. The summed E-state index contributed by atoms with van der Waals surface area (Å²) in [5.41, 5.74) is 8.00. The zero-order chi connectivity index (χ0) is 29.0. The molecule has 204 valence electrons. The predicted molar refractivity (Wildman–Crippen MR) is 186 cm³/mol. The van der Waals surface area contributed by atoms with Gasteiger partial charge in [0, 0.05) is 11.1 Å². The largest absolute Gasteiger partial charge is 0.244 e. The summed E-state index contributed by atoms with van der Waals surface area (Å²) in [5.74, 6) is 0. The first-order chi connectivity index (χ1) is 21.8. The van der Waals surface area contributed by atoms with Crippen molar-refractivity contribution < 1.29 is 0 Å². The molecule has 8 aromatic carbocycles. The molecular formula is C42H26N2. The fourth-order valence-corrected chi connectivity index (χ4v) is 6.75. The number of hydrogen-bond acceptors (Lipinski definition) is 2. The van der Waals surface area contributed by atoms with E-state index >= 15 is 0 Å². The van der Waals surface area contributed by atoms with Gasteiger partial charge in [0.2, 0.25) is 0 Å². The lowest BCUT2D eigenvalue weighted by Gasteiger charge is -2.14. The highest BCUT2D eigenvalue weighted by molar-refractivity contribution is 6.25. The van der Waals surface area contributed by atoms with Gasteiger partial charge in [-0.15, -0.1) is 0 Å². The van der Waals surface area contributed by atoms with Crippen molar-refractivity contribution >= 4 is 54.1 Å². The molecule has 0 aliphatic heterocycles. The second-order valence-electron chi connectivity index (χ2n) is 11.4. The summed E-state index contributed by atoms with van der Waals surface area (Å²) in [6, 6.07) is 56.1. The van der Waals surface area contributed by atoms with Crippen LogP contribution in [0.2, 0.25) is 0 Å². The van der Waals surface area contributed by atoms with Crippen molar-refractivity contribution in [3.63, 3.8) is 0 Å². The quantitative estimate of drug-likeness (QED) is 0.202. The standard InChI is InChI=1S/C42H26N2/c1-3-11-29(12-4-1)41-42(30-13-5-2-6-14-30)44-39-26-31(21-25-38(39)43-41)33-16-9-17-36-35(33)23-20-28-19-22-34-32-15-8-7-10-27(32)18-24-37(34)40(28)36/h1-26H. The average molecular weight is 559 g/mol. The molecule has 2 nitrogen and oxygen atoms in total. The van der Waals surface area contributed by atoms with Gasteiger partial charge in [-0.05, 0) is 66.3 Å². The van der Waals surface area contributed by atoms with Gasteiger partial charge in [0.15, 0.2) is 0 Å². The van der Waals surface area contributed by atoms with Crippen molar-refractivity contribution in [2.75, 3.05) is 0 Å². The second kappa shape index (κ2) is 9.86. The van der Waals surface area contributed by atoms with Crippen LogP contribution in [0.3, 0.4) is 0 Å². The first-order valence-corrected chi connectivity index (χ1v) is 15.0. The predicted octanol–water partition coefficient (Wildman–Crippen LogP) is 11.2. The third-order valence-corrected chi connectivity index (χ3v) is 8.83. The smallest absolute Gasteiger partial charge is 0.0973 e. The third-order valence-electron chi connectivity index (χ3n) is 8.83. The second-order valence-corrected chi connectivity index (χ2v) is 11.4. The number of rotatable bonds is 3. The van der Waals surface area contributed by atoms with Crippen LogP contribution in [0.1, 0.15) is 0 Å². The number of hydrogen-bond donors (Lipinski definition) is 0. The van der Waals surface area contributed by atoms with E-state index < -0.39 is 0 Å². The first kappa shape index (κ1) is 24.7. The van der Waals surface area contributed by atoms with Gasteiger partial charge in [-0.3, -0.25) is 0 Å². The number of aromatic nitrogens is 2. The Morgan fingerprint density at radius 2 is 0.909 bits per heavy atom. The van der Waals surface area contributed by atoms with E-state index in [0.29, 0.717) is 0 Å². The van der Waals surface area contributed by atoms with Crippen LogP contribution in [-0.2, 0) is 0 Å². The zero-order valence-corrected chi connectivity index (χ0v) is 23.9. The van der Waals surface area contributed by atoms with E-state index in [1.807, 2.05) is 12.1 Å². The van der Waals surface area contributed by atoms with E-state index in [1.54, 1.807) is 0 Å². The number of benzene rings is 8. The SMILES string of the molecule is c1ccc(-c2nc3ccc(-c4cccc5c4ccc4ccc6c7ccccc7ccc6c45)cc3nc2-c2ccccc2)cc1. The van der Waals surface area contributed by atoms with Gasteiger partial charge in [-0.2, -0.15) is 0 Å². The highest BCUT2D eigenvalue weighted by atomic mass is 14.8. The minimum absolute atomic E-state index is 0.885. The Labute approximate surface area is 254 Å². The summed E-state index contributed by atoms with van der Waals surface area (Å²) in [7, 11) is 0. The fraction of sp³-hybridized carbons (Fsp3) is 0. The van der Waals surface area contributed by atoms with Crippen LogP contribution in [0.5, 0.6) is 0 Å². The molecule has 0 N–H and O–H groups in total. The molecule has 0 saturated carbocycles. The van der Waals surface area contributed by atoms with Crippen molar-refractivity contribution in [1.82, 2.24) is 9.97 Å². The van der Waals surface area contributed by atoms with E-state index in [2.05, 4.69) is 146 Å². The minimum Gasteiger partial charge on any atom is -0.244 e. The molecule has 0 bridgehead atoms. The summed E-state index contributed by atoms with van der Waals surface area (Å²) in [5, 5.41) is 10.2. The molecule has 0 atom stereocenters. The van der Waals surface area contributed by atoms with Crippen LogP contribution < -0.4 is 0 Å². The van der Waals surface area contributed by atoms with Crippen LogP contribution in [0, 0.1) is 0 Å². The summed E-state index contributed by atoms with van der Waals surface area (Å²) in [6.45, 7) is 0. The summed E-state index contributed by atoms with van der Waals surface area (Å²) in [6.07, 6.45) is 0. The Hall–Kier alpha value is -5.86. The van der Waals surface area contributed by atoms with E-state index in [9.17, 15) is 0 Å². The lowest BCUT2D eigenvalue weighted by Crippen LogP contribution is -1.96. The molecular weight excluding hydrogens is 532 g/mol. The van der Waals surface area contributed by atoms with Crippen LogP contribution in [0.25, 0.3) is 87.8 Å². The summed E-state index contributed by atoms with van der Waals surface area (Å²) >= 11 is 0. The molecule has 0 radical (unpaired) electrons. The Balaban J connectivity index is 1.27. The number of nitrogens with zero attached hydrogens (tertiary/aromatic N) is 2. The Kier molecular flexibility index (Phi) is 5.54. The maximum absolute atomic E-state index is 5.25. The van der Waals surface area contributed by atoms with Gasteiger partial charge in [0.1, 0.15) is 0 Å². The normalized spacial score (nSPS) is 11.6. The Morgan fingerprint density at radius 3 is 1.68 bits per heavy atom. The van der Waals surface area contributed by atoms with E-state index in [4.69, 9.17) is 9.97 Å². The summed E-state index contributed by atoms with van der Waals surface area (Å²) in [4.78, 5) is 10.4. The van der Waals surface area contributed by atoms with E-state index in [-0.39, 0.29) is 0 Å². The molecule has 1 heterocycles. The highest BCUT2D eigenvalue weighted by Crippen LogP contribution is 2.39. The minimum atomic E-state index is 0.885. The Morgan fingerprint density at radius 1 is 0.318 bits per heavy atom. The molecule has 0 aliphatic carbocycles. The topological polar surface area (TPSA) is 25.8 Å². The van der Waals surface area contributed by atoms with Crippen LogP contribution in [0.4, 0.5) is 0 Å². The molecule has 0 saturated heterocycles. The van der Waals surface area contributed by atoms with Gasteiger partial charge in [0.05, 0.1) is 22.4 Å². The van der Waals surface area contributed by atoms with Gasteiger partial charge in [-0.25, -0.2) is 9.97 Å². The van der Waals surface area contributed by atoms with Crippen molar-refractivity contribution in [2.24, 2.45) is 0 Å². The monoisotopic (exact) mass is 558 g/mol. The lowest BCUT2D eigenvalue weighted by molar-refractivity contribution is 1.29. The van der Waals surface area contributed by atoms with Crippen molar-refractivity contribution in [3.05, 3.63) is 158 Å². The zero-order valence-electron chi connectivity index (χ0n) is 23.9. The van der Waals surface area contributed by atoms with Gasteiger partial charge in [-0.1, -0.05) is 146 Å². The molecule has 9 rings (SSSR count). The molecule has 9 aromatic rings. The van der Waals surface area contributed by atoms with Crippen LogP contribution in [-0.4, -0.2) is 9.97 Å². The molecule has 0 spiro atoms. The van der Waals surface area contributed by atoms with Crippen LogP contribution in [0.15, 0.2) is 158 Å². The van der Waals surface area contributed by atoms with Crippen molar-refractivity contribution in [2.45, 2.75) is 0 Å². The molecule has 44 heavy (non-hydrogen) atoms. The third kappa shape index (κ3) is 3.89. The lowest BCUT2D eigenvalue weighted by atomic mass is 9.91. The first-order valence-electron chi connectivity index (χ1n) is 15.0. The molecule has 2 heteroatoms. The molecule has 0 fully saturated rings. The molecule has 0 aliphatic rings. The average Bonchev–Trinajstić information content (AvgIpc) is 3.10. The van der Waals surface area contributed by atoms with E-state index in [1.165, 1.54) is 48.7 Å². The van der Waals surface area contributed by atoms with Gasteiger partial charge in [0.25, 0.3) is 0 Å². The maximum atomic E-state index is 5.25. The number of fused-ring (bicyclic) bond motifs is 8. The Bertz CT molecular complexity index is 2530. The van der Waals surface area contributed by atoms with Crippen molar-refractivity contribution in [1.29, 1.82) is 0 Å². The van der Waals surface area contributed by atoms with Crippen LogP contribution >= 0.6 is 0 Å². The van der Waals surface area contributed by atoms with Gasteiger partial charge >= 0.3 is 0 Å². The molecule has 1 aromatic heterocycles. The fourth-order valence-electron chi connectivity index (χ4n) is 6.75. The summed E-state index contributed by atoms with van der Waals surface area (Å²) < 4.78 is 0. The van der Waals surface area contributed by atoms with Gasteiger partial charge < -0.3 is 0 Å².